The standard InChI is InChI=1S/C29H34O3S/c1-4-5-16-29(17-6-7-18-33(30,31)32)27-19-22(3)10-14-25(27)26-15-13-24(20-28(26)29)23-11-8-21(2)9-12-23/h8-15,19-20H,4-7,16-18H2,1-3H3,(H,30,31,32). The van der Waals surface area contributed by atoms with Crippen LogP contribution < -0.4 is 0 Å². The molecule has 0 radical (unpaired) electrons. The van der Waals surface area contributed by atoms with E-state index in [1.165, 1.54) is 44.5 Å². The lowest BCUT2D eigenvalue weighted by molar-refractivity contribution is 0.412. The van der Waals surface area contributed by atoms with Gasteiger partial charge >= 0.3 is 0 Å². The lowest BCUT2D eigenvalue weighted by Crippen LogP contribution is -2.26. The van der Waals surface area contributed by atoms with Crippen LogP contribution in [0.2, 0.25) is 0 Å². The fraction of sp³-hybridized carbons (Fsp3) is 0.379. The van der Waals surface area contributed by atoms with Gasteiger partial charge in [0.25, 0.3) is 10.1 Å². The molecule has 3 aromatic carbocycles. The number of hydrogen-bond acceptors (Lipinski definition) is 2. The van der Waals surface area contributed by atoms with Gasteiger partial charge in [-0.05, 0) is 72.6 Å². The molecular weight excluding hydrogens is 428 g/mol. The lowest BCUT2D eigenvalue weighted by Gasteiger charge is -2.33. The number of fused-ring (bicyclic) bond motifs is 3. The van der Waals surface area contributed by atoms with Crippen molar-refractivity contribution in [3.8, 4) is 22.3 Å². The van der Waals surface area contributed by atoms with Gasteiger partial charge in [0.15, 0.2) is 0 Å². The Morgan fingerprint density at radius 2 is 1.30 bits per heavy atom. The van der Waals surface area contributed by atoms with Gasteiger partial charge in [-0.2, -0.15) is 8.42 Å². The quantitative estimate of drug-likeness (QED) is 0.265. The van der Waals surface area contributed by atoms with E-state index in [0.717, 1.165) is 32.1 Å². The summed E-state index contributed by atoms with van der Waals surface area (Å²) in [5, 5.41) is 0. The number of hydrogen-bond donors (Lipinski definition) is 1. The molecule has 33 heavy (non-hydrogen) atoms. The second kappa shape index (κ2) is 9.44. The third kappa shape index (κ3) is 4.92. The molecule has 0 fully saturated rings. The zero-order valence-electron chi connectivity index (χ0n) is 19.9. The van der Waals surface area contributed by atoms with Crippen molar-refractivity contribution in [3.05, 3.63) is 82.9 Å². The molecule has 4 rings (SSSR count). The minimum Gasteiger partial charge on any atom is -0.286 e. The van der Waals surface area contributed by atoms with Crippen LogP contribution in [0.1, 0.15) is 67.7 Å². The Labute approximate surface area is 198 Å². The van der Waals surface area contributed by atoms with E-state index in [1.807, 2.05) is 0 Å². The number of unbranched alkanes of at least 4 members (excludes halogenated alkanes) is 2. The van der Waals surface area contributed by atoms with Crippen LogP contribution in [-0.2, 0) is 15.5 Å². The molecule has 0 aliphatic heterocycles. The summed E-state index contributed by atoms with van der Waals surface area (Å²) in [6.45, 7) is 6.47. The molecule has 0 aromatic heterocycles. The van der Waals surface area contributed by atoms with Gasteiger partial charge in [0.2, 0.25) is 0 Å². The van der Waals surface area contributed by atoms with E-state index in [2.05, 4.69) is 81.4 Å². The molecule has 1 atom stereocenters. The molecule has 0 amide bonds. The van der Waals surface area contributed by atoms with E-state index in [4.69, 9.17) is 0 Å². The van der Waals surface area contributed by atoms with Crippen LogP contribution in [0.4, 0.5) is 0 Å². The van der Waals surface area contributed by atoms with Crippen molar-refractivity contribution in [2.75, 3.05) is 5.75 Å². The predicted molar refractivity (Wildman–Crippen MR) is 137 cm³/mol. The Morgan fingerprint density at radius 1 is 0.727 bits per heavy atom. The number of aryl methyl sites for hydroxylation is 2. The van der Waals surface area contributed by atoms with Gasteiger partial charge in [-0.25, -0.2) is 0 Å². The first-order valence-electron chi connectivity index (χ1n) is 12.0. The van der Waals surface area contributed by atoms with Crippen molar-refractivity contribution in [2.24, 2.45) is 0 Å². The van der Waals surface area contributed by atoms with Crippen LogP contribution in [0.3, 0.4) is 0 Å². The summed E-state index contributed by atoms with van der Waals surface area (Å²) >= 11 is 0. The zero-order valence-corrected chi connectivity index (χ0v) is 20.7. The summed E-state index contributed by atoms with van der Waals surface area (Å²) in [6.07, 6.45) is 5.37. The van der Waals surface area contributed by atoms with Crippen LogP contribution >= 0.6 is 0 Å². The maximum absolute atomic E-state index is 11.3. The van der Waals surface area contributed by atoms with Crippen molar-refractivity contribution in [1.29, 1.82) is 0 Å². The third-order valence-corrected chi connectivity index (χ3v) is 7.92. The average Bonchev–Trinajstić information content (AvgIpc) is 3.04. The van der Waals surface area contributed by atoms with Crippen LogP contribution in [0.15, 0.2) is 60.7 Å². The van der Waals surface area contributed by atoms with Crippen molar-refractivity contribution in [2.45, 2.75) is 64.7 Å². The minimum absolute atomic E-state index is 0.132. The van der Waals surface area contributed by atoms with Gasteiger partial charge < -0.3 is 0 Å². The summed E-state index contributed by atoms with van der Waals surface area (Å²) in [5.74, 6) is -0.173. The topological polar surface area (TPSA) is 54.4 Å². The van der Waals surface area contributed by atoms with Crippen LogP contribution in [0.5, 0.6) is 0 Å². The first-order chi connectivity index (χ1) is 15.7. The largest absolute Gasteiger partial charge is 0.286 e. The van der Waals surface area contributed by atoms with Gasteiger partial charge in [-0.3, -0.25) is 4.55 Å². The van der Waals surface area contributed by atoms with Crippen molar-refractivity contribution in [3.63, 3.8) is 0 Å². The third-order valence-electron chi connectivity index (χ3n) is 7.11. The average molecular weight is 463 g/mol. The normalized spacial score (nSPS) is 17.1. The Balaban J connectivity index is 1.82. The summed E-state index contributed by atoms with van der Waals surface area (Å²) in [4.78, 5) is 0. The van der Waals surface area contributed by atoms with Gasteiger partial charge in [0, 0.05) is 5.41 Å². The predicted octanol–water partition coefficient (Wildman–Crippen LogP) is 7.49. The van der Waals surface area contributed by atoms with Crippen LogP contribution in [-0.4, -0.2) is 18.7 Å². The molecular formula is C29H34O3S. The van der Waals surface area contributed by atoms with Crippen LogP contribution in [0.25, 0.3) is 22.3 Å². The Hall–Kier alpha value is -2.43. The van der Waals surface area contributed by atoms with Crippen molar-refractivity contribution >= 4 is 10.1 Å². The molecule has 1 N–H and O–H groups in total. The molecule has 0 bridgehead atoms. The van der Waals surface area contributed by atoms with E-state index in [1.54, 1.807) is 0 Å². The highest BCUT2D eigenvalue weighted by molar-refractivity contribution is 7.85. The smallest absolute Gasteiger partial charge is 0.264 e. The van der Waals surface area contributed by atoms with E-state index in [-0.39, 0.29) is 11.2 Å². The van der Waals surface area contributed by atoms with E-state index >= 15 is 0 Å². The molecule has 3 nitrogen and oxygen atoms in total. The molecule has 1 aliphatic rings. The van der Waals surface area contributed by atoms with E-state index in [9.17, 15) is 13.0 Å². The van der Waals surface area contributed by atoms with Crippen molar-refractivity contribution < 1.29 is 13.0 Å². The second-order valence-electron chi connectivity index (χ2n) is 9.60. The molecule has 1 aliphatic carbocycles. The summed E-state index contributed by atoms with van der Waals surface area (Å²) in [7, 11) is -3.93. The first kappa shape index (κ1) is 23.7. The van der Waals surface area contributed by atoms with Gasteiger partial charge in [-0.1, -0.05) is 91.9 Å². The van der Waals surface area contributed by atoms with Crippen LogP contribution in [0, 0.1) is 13.8 Å². The summed E-state index contributed by atoms with van der Waals surface area (Å²) in [6, 6.07) is 22.3. The fourth-order valence-electron chi connectivity index (χ4n) is 5.39. The SMILES string of the molecule is CCCCC1(CCCCS(=O)(=O)O)c2cc(C)ccc2-c2ccc(-c3ccc(C)cc3)cc21. The van der Waals surface area contributed by atoms with E-state index in [0.29, 0.717) is 6.42 Å². The fourth-order valence-corrected chi connectivity index (χ4v) is 5.96. The first-order valence-corrected chi connectivity index (χ1v) is 13.6. The monoisotopic (exact) mass is 462 g/mol. The Bertz CT molecular complexity index is 1240. The summed E-state index contributed by atoms with van der Waals surface area (Å²) in [5.41, 5.74) is 10.1. The molecule has 0 saturated carbocycles. The van der Waals surface area contributed by atoms with E-state index < -0.39 is 10.1 Å². The molecule has 0 spiro atoms. The lowest BCUT2D eigenvalue weighted by atomic mass is 9.70. The molecule has 0 saturated heterocycles. The molecule has 3 aromatic rings. The Morgan fingerprint density at radius 3 is 1.97 bits per heavy atom. The maximum atomic E-state index is 11.3. The van der Waals surface area contributed by atoms with Crippen molar-refractivity contribution in [1.82, 2.24) is 0 Å². The Kier molecular flexibility index (Phi) is 6.78. The molecule has 0 heterocycles. The molecule has 4 heteroatoms. The zero-order chi connectivity index (χ0) is 23.6. The number of benzene rings is 3. The minimum atomic E-state index is -3.93. The highest BCUT2D eigenvalue weighted by Crippen LogP contribution is 2.55. The number of rotatable bonds is 9. The summed E-state index contributed by atoms with van der Waals surface area (Å²) < 4.78 is 31.8. The van der Waals surface area contributed by atoms with Gasteiger partial charge in [-0.15, -0.1) is 0 Å². The second-order valence-corrected chi connectivity index (χ2v) is 11.2. The van der Waals surface area contributed by atoms with Gasteiger partial charge in [0.1, 0.15) is 0 Å². The molecule has 174 valence electrons. The molecule has 1 unspecified atom stereocenters. The maximum Gasteiger partial charge on any atom is 0.264 e. The van der Waals surface area contributed by atoms with Gasteiger partial charge in [0.05, 0.1) is 5.75 Å². The highest BCUT2D eigenvalue weighted by atomic mass is 32.2. The highest BCUT2D eigenvalue weighted by Gasteiger charge is 2.42.